The first-order chi connectivity index (χ1) is 19.3. The Morgan fingerprint density at radius 3 is 1.10 bits per heavy atom. The Kier molecular flexibility index (Phi) is 81.6. The van der Waals surface area contributed by atoms with Gasteiger partial charge in [0.15, 0.2) is 0 Å². The average molecular weight is 587 g/mol. The molecule has 0 aliphatic heterocycles. The van der Waals surface area contributed by atoms with Crippen LogP contribution in [0.1, 0.15) is 240 Å². The third kappa shape index (κ3) is 161. The topological polar surface area (TPSA) is 0 Å². The summed E-state index contributed by atoms with van der Waals surface area (Å²) >= 11 is 0. The maximum Gasteiger partial charge on any atom is -0.0351 e. The Balaban J connectivity index is -0.0000000669. The van der Waals surface area contributed by atoms with Crippen molar-refractivity contribution in [2.75, 3.05) is 0 Å². The largest absolute Gasteiger partial charge is 0.0888 e. The molecule has 258 valence electrons. The molecular formula is C41H94. The fourth-order valence-corrected chi connectivity index (χ4v) is 2.78. The van der Waals surface area contributed by atoms with Crippen LogP contribution < -0.4 is 0 Å². The van der Waals surface area contributed by atoms with Gasteiger partial charge in [-0.1, -0.05) is 233 Å². The minimum atomic E-state index is 0.500. The highest BCUT2D eigenvalue weighted by atomic mass is 14.1. The molecule has 1 aliphatic rings. The van der Waals surface area contributed by atoms with Crippen molar-refractivity contribution in [1.29, 1.82) is 0 Å². The van der Waals surface area contributed by atoms with Gasteiger partial charge in [0.2, 0.25) is 0 Å². The Morgan fingerprint density at radius 1 is 0.561 bits per heavy atom. The summed E-state index contributed by atoms with van der Waals surface area (Å²) in [4.78, 5) is 0. The van der Waals surface area contributed by atoms with Gasteiger partial charge in [0.05, 0.1) is 0 Å². The summed E-state index contributed by atoms with van der Waals surface area (Å²) in [5.41, 5.74) is 0.500. The molecular weight excluding hydrogens is 492 g/mol. The molecule has 41 heavy (non-hydrogen) atoms. The van der Waals surface area contributed by atoms with Gasteiger partial charge in [0.1, 0.15) is 0 Å². The van der Waals surface area contributed by atoms with E-state index in [0.29, 0.717) is 5.41 Å². The minimum Gasteiger partial charge on any atom is -0.0888 e. The Labute approximate surface area is 269 Å². The van der Waals surface area contributed by atoms with Crippen molar-refractivity contribution in [1.82, 2.24) is 0 Å². The lowest BCUT2D eigenvalue weighted by atomic mass is 9.91. The SMILES string of the molecule is CC.CC(C)(C)C.CC(C)C.CC/C=C/CCCCC.CC1CCCCC1.CCC.CCCC.CCCCCCC. The van der Waals surface area contributed by atoms with Crippen molar-refractivity contribution in [3.63, 3.8) is 0 Å². The van der Waals surface area contributed by atoms with Crippen LogP contribution in [0.3, 0.4) is 0 Å². The normalized spacial score (nSPS) is 12.0. The number of allylic oxidation sites excluding steroid dienone is 2. The third-order valence-electron chi connectivity index (χ3n) is 4.98. The maximum atomic E-state index is 2.36. The van der Waals surface area contributed by atoms with Gasteiger partial charge in [-0.15, -0.1) is 0 Å². The molecule has 1 fully saturated rings. The fourth-order valence-electron chi connectivity index (χ4n) is 2.78. The van der Waals surface area contributed by atoms with E-state index < -0.39 is 0 Å². The van der Waals surface area contributed by atoms with Crippen LogP contribution in [0.25, 0.3) is 0 Å². The molecule has 0 aromatic carbocycles. The molecule has 0 nitrogen and oxygen atoms in total. The van der Waals surface area contributed by atoms with Crippen molar-refractivity contribution in [2.45, 2.75) is 240 Å². The highest BCUT2D eigenvalue weighted by molar-refractivity contribution is 4.79. The second kappa shape index (κ2) is 59.2. The van der Waals surface area contributed by atoms with Gasteiger partial charge in [-0.25, -0.2) is 0 Å². The highest BCUT2D eigenvalue weighted by Crippen LogP contribution is 2.22. The summed E-state index contributed by atoms with van der Waals surface area (Å²) in [5, 5.41) is 0. The van der Waals surface area contributed by atoms with Crippen LogP contribution in [0.5, 0.6) is 0 Å². The zero-order valence-corrected chi connectivity index (χ0v) is 33.5. The Morgan fingerprint density at radius 2 is 0.878 bits per heavy atom. The van der Waals surface area contributed by atoms with Gasteiger partial charge in [-0.2, -0.15) is 0 Å². The average Bonchev–Trinajstić information content (AvgIpc) is 2.91. The van der Waals surface area contributed by atoms with Crippen LogP contribution in [0.15, 0.2) is 12.2 Å². The number of rotatable bonds is 10. The summed E-state index contributed by atoms with van der Waals surface area (Å²) in [6.45, 7) is 39.1. The molecule has 0 unspecified atom stereocenters. The van der Waals surface area contributed by atoms with Gasteiger partial charge < -0.3 is 0 Å². The second-order valence-corrected chi connectivity index (χ2v) is 13.6. The van der Waals surface area contributed by atoms with Crippen molar-refractivity contribution in [3.05, 3.63) is 12.2 Å². The maximum absolute atomic E-state index is 2.36. The standard InChI is InChI=1S/C9H18.C7H14.C7H16.C5H12.2C4H10.C3H8.C2H6/c1-3-5-7-9-8-6-4-2;1-7-5-3-2-4-6-7;1-3-5-7-6-4-2;1-5(2,3)4;1-4(2)3;1-3-4-2;1-3-2;1-2/h5,7H,3-4,6,8-9H2,1-2H3;7H,2-6H2,1H3;3-7H2,1-2H3;1-4H3;4H,1-3H3;3-4H2,1-2H3;3H2,1-2H3;1-2H3/b7-5+;;;;;;;. The number of hydrogen-bond donors (Lipinski definition) is 0. The quantitative estimate of drug-likeness (QED) is 0.176. The molecule has 0 spiro atoms. The van der Waals surface area contributed by atoms with Gasteiger partial charge >= 0.3 is 0 Å². The molecule has 0 aromatic heterocycles. The first-order valence-corrected chi connectivity index (χ1v) is 18.9. The van der Waals surface area contributed by atoms with E-state index >= 15 is 0 Å². The zero-order chi connectivity index (χ0) is 33.8. The van der Waals surface area contributed by atoms with Crippen LogP contribution >= 0.6 is 0 Å². The van der Waals surface area contributed by atoms with E-state index in [2.05, 4.69) is 123 Å². The smallest absolute Gasteiger partial charge is 0.0351 e. The molecule has 1 saturated carbocycles. The van der Waals surface area contributed by atoms with E-state index in [1.807, 2.05) is 13.8 Å². The molecule has 0 heterocycles. The van der Waals surface area contributed by atoms with E-state index in [1.54, 1.807) is 0 Å². The van der Waals surface area contributed by atoms with Crippen molar-refractivity contribution in [3.8, 4) is 0 Å². The molecule has 1 aliphatic carbocycles. The monoisotopic (exact) mass is 587 g/mol. The molecule has 0 atom stereocenters. The van der Waals surface area contributed by atoms with Crippen molar-refractivity contribution >= 4 is 0 Å². The first kappa shape index (κ1) is 56.5. The van der Waals surface area contributed by atoms with E-state index in [0.717, 1.165) is 11.8 Å². The van der Waals surface area contributed by atoms with E-state index in [9.17, 15) is 0 Å². The second-order valence-electron chi connectivity index (χ2n) is 13.6. The van der Waals surface area contributed by atoms with Gasteiger partial charge in [-0.3, -0.25) is 0 Å². The lowest BCUT2D eigenvalue weighted by Gasteiger charge is -2.15. The molecule has 0 N–H and O–H groups in total. The van der Waals surface area contributed by atoms with E-state index in [-0.39, 0.29) is 0 Å². The number of hydrogen-bond acceptors (Lipinski definition) is 0. The van der Waals surface area contributed by atoms with Crippen LogP contribution in [0, 0.1) is 17.3 Å². The molecule has 1 rings (SSSR count). The molecule has 0 radical (unpaired) electrons. The van der Waals surface area contributed by atoms with Gasteiger partial charge in [0, 0.05) is 0 Å². The Hall–Kier alpha value is -0.260. The van der Waals surface area contributed by atoms with Gasteiger partial charge in [-0.05, 0) is 36.5 Å². The van der Waals surface area contributed by atoms with Crippen LogP contribution in [0.2, 0.25) is 0 Å². The predicted octanol–water partition coefficient (Wildman–Crippen LogP) is 17.1. The molecule has 0 aromatic rings. The first-order valence-electron chi connectivity index (χ1n) is 18.9. The Bertz CT molecular complexity index is 323. The molecule has 0 saturated heterocycles. The van der Waals surface area contributed by atoms with Gasteiger partial charge in [0.25, 0.3) is 0 Å². The summed E-state index contributed by atoms with van der Waals surface area (Å²) in [6, 6.07) is 0. The predicted molar refractivity (Wildman–Crippen MR) is 204 cm³/mol. The lowest BCUT2D eigenvalue weighted by molar-refractivity contribution is 0.385. The summed E-state index contributed by atoms with van der Waals surface area (Å²) < 4.78 is 0. The third-order valence-corrected chi connectivity index (χ3v) is 4.98. The lowest BCUT2D eigenvalue weighted by Crippen LogP contribution is -1.99. The minimum absolute atomic E-state index is 0.500. The zero-order valence-electron chi connectivity index (χ0n) is 33.5. The van der Waals surface area contributed by atoms with Crippen LogP contribution in [0.4, 0.5) is 0 Å². The van der Waals surface area contributed by atoms with Crippen LogP contribution in [-0.2, 0) is 0 Å². The summed E-state index contributed by atoms with van der Waals surface area (Å²) in [7, 11) is 0. The summed E-state index contributed by atoms with van der Waals surface area (Å²) in [6.07, 6.45) is 29.4. The molecule has 0 bridgehead atoms. The molecule has 0 heteroatoms. The highest BCUT2D eigenvalue weighted by Gasteiger charge is 2.05. The molecule has 0 amide bonds. The van der Waals surface area contributed by atoms with Crippen molar-refractivity contribution in [2.24, 2.45) is 17.3 Å². The fraction of sp³-hybridized carbons (Fsp3) is 0.951. The van der Waals surface area contributed by atoms with Crippen LogP contribution in [-0.4, -0.2) is 0 Å². The van der Waals surface area contributed by atoms with E-state index in [1.165, 1.54) is 116 Å². The van der Waals surface area contributed by atoms with E-state index in [4.69, 9.17) is 0 Å². The van der Waals surface area contributed by atoms with Crippen molar-refractivity contribution < 1.29 is 0 Å². The summed E-state index contributed by atoms with van der Waals surface area (Å²) in [5.74, 6) is 1.87. The number of unbranched alkanes of at least 4 members (excludes halogenated alkanes) is 8.